The van der Waals surface area contributed by atoms with Crippen molar-refractivity contribution in [3.05, 3.63) is 53.8 Å². The van der Waals surface area contributed by atoms with Gasteiger partial charge in [-0.1, -0.05) is 17.3 Å². The van der Waals surface area contributed by atoms with E-state index in [9.17, 15) is 9.18 Å². The molecule has 1 heterocycles. The number of thioether (sulfide) groups is 1. The van der Waals surface area contributed by atoms with Gasteiger partial charge in [-0.05, 0) is 42.7 Å². The van der Waals surface area contributed by atoms with Crippen molar-refractivity contribution in [1.82, 2.24) is 0 Å². The molecule has 0 aromatic heterocycles. The van der Waals surface area contributed by atoms with Gasteiger partial charge in [-0.3, -0.25) is 4.79 Å². The molecule has 0 radical (unpaired) electrons. The zero-order chi connectivity index (χ0) is 20.6. The van der Waals surface area contributed by atoms with Crippen molar-refractivity contribution in [2.24, 2.45) is 11.1 Å². The van der Waals surface area contributed by atoms with E-state index < -0.39 is 0 Å². The second-order valence-corrected chi connectivity index (χ2v) is 8.00. The van der Waals surface area contributed by atoms with Crippen LogP contribution in [0.3, 0.4) is 0 Å². The predicted molar refractivity (Wildman–Crippen MR) is 114 cm³/mol. The van der Waals surface area contributed by atoms with Crippen LogP contribution < -0.4 is 9.74 Å². The van der Waals surface area contributed by atoms with Crippen molar-refractivity contribution in [1.29, 1.82) is 0 Å². The Kier molecular flexibility index (Phi) is 7.66. The Morgan fingerprint density at radius 1 is 1.28 bits per heavy atom. The SMILES string of the molecule is CC(=O)N(C)c1ccc(CSc2cc(F)cc(ON=CC3CCOCC3)c2)cc1. The van der Waals surface area contributed by atoms with Crippen LogP contribution in [-0.2, 0) is 15.3 Å². The maximum absolute atomic E-state index is 14.0. The minimum absolute atomic E-state index is 0.0149. The van der Waals surface area contributed by atoms with Crippen LogP contribution in [0.1, 0.15) is 25.3 Å². The van der Waals surface area contributed by atoms with E-state index in [4.69, 9.17) is 9.57 Å². The van der Waals surface area contributed by atoms with E-state index in [1.807, 2.05) is 24.3 Å². The number of amides is 1. The van der Waals surface area contributed by atoms with E-state index in [1.54, 1.807) is 24.2 Å². The Morgan fingerprint density at radius 3 is 2.69 bits per heavy atom. The Bertz CT molecular complexity index is 852. The van der Waals surface area contributed by atoms with Crippen LogP contribution in [-0.4, -0.2) is 32.4 Å². The van der Waals surface area contributed by atoms with E-state index in [0.29, 0.717) is 17.4 Å². The molecule has 154 valence electrons. The standard InChI is InChI=1S/C22H25FN2O3S/c1-16(26)25(2)20-5-3-18(4-6-20)15-29-22-12-19(23)11-21(13-22)28-24-14-17-7-9-27-10-8-17/h3-6,11-14,17H,7-10,15H2,1-2H3. The molecule has 0 N–H and O–H groups in total. The number of hydrogen-bond acceptors (Lipinski definition) is 5. The number of rotatable bonds is 7. The summed E-state index contributed by atoms with van der Waals surface area (Å²) in [5, 5.41) is 4.02. The number of halogens is 1. The molecule has 0 atom stereocenters. The molecule has 0 unspecified atom stereocenters. The van der Waals surface area contributed by atoms with E-state index in [0.717, 1.165) is 42.2 Å². The first-order valence-electron chi connectivity index (χ1n) is 9.56. The molecule has 1 amide bonds. The number of nitrogens with zero attached hydrogens (tertiary/aromatic N) is 2. The third-order valence-electron chi connectivity index (χ3n) is 4.74. The fraction of sp³-hybridized carbons (Fsp3) is 0.364. The summed E-state index contributed by atoms with van der Waals surface area (Å²) in [5.41, 5.74) is 1.93. The van der Waals surface area contributed by atoms with Gasteiger partial charge < -0.3 is 14.5 Å². The summed E-state index contributed by atoms with van der Waals surface area (Å²) >= 11 is 1.51. The summed E-state index contributed by atoms with van der Waals surface area (Å²) < 4.78 is 19.3. The summed E-state index contributed by atoms with van der Waals surface area (Å²) in [7, 11) is 1.74. The van der Waals surface area contributed by atoms with Gasteiger partial charge >= 0.3 is 0 Å². The number of benzene rings is 2. The molecule has 2 aromatic carbocycles. The third-order valence-corrected chi connectivity index (χ3v) is 5.79. The number of carbonyl (C=O) groups is 1. The predicted octanol–water partition coefficient (Wildman–Crippen LogP) is 4.89. The lowest BCUT2D eigenvalue weighted by Gasteiger charge is -2.17. The van der Waals surface area contributed by atoms with Gasteiger partial charge in [0.15, 0.2) is 5.75 Å². The van der Waals surface area contributed by atoms with Gasteiger partial charge in [0.05, 0.1) is 0 Å². The third kappa shape index (κ3) is 6.58. The first-order valence-corrected chi connectivity index (χ1v) is 10.5. The molecule has 1 aliphatic heterocycles. The number of oxime groups is 1. The summed E-state index contributed by atoms with van der Waals surface area (Å²) in [5.74, 6) is 1.03. The molecule has 0 saturated carbocycles. The highest BCUT2D eigenvalue weighted by Crippen LogP contribution is 2.28. The Morgan fingerprint density at radius 2 is 2.00 bits per heavy atom. The van der Waals surface area contributed by atoms with E-state index in [1.165, 1.54) is 30.8 Å². The Labute approximate surface area is 174 Å². The van der Waals surface area contributed by atoms with Gasteiger partial charge in [-0.25, -0.2) is 4.39 Å². The maximum Gasteiger partial charge on any atom is 0.223 e. The molecule has 0 spiro atoms. The van der Waals surface area contributed by atoms with Crippen molar-refractivity contribution >= 4 is 29.6 Å². The van der Waals surface area contributed by atoms with Crippen LogP contribution in [0.4, 0.5) is 10.1 Å². The zero-order valence-corrected chi connectivity index (χ0v) is 17.5. The highest BCUT2D eigenvalue weighted by molar-refractivity contribution is 7.98. The second-order valence-electron chi connectivity index (χ2n) is 6.95. The number of anilines is 1. The van der Waals surface area contributed by atoms with E-state index >= 15 is 0 Å². The highest BCUT2D eigenvalue weighted by atomic mass is 32.2. The summed E-state index contributed by atoms with van der Waals surface area (Å²) in [4.78, 5) is 19.2. The minimum atomic E-state index is -0.357. The lowest BCUT2D eigenvalue weighted by Crippen LogP contribution is -2.22. The highest BCUT2D eigenvalue weighted by Gasteiger charge is 2.11. The van der Waals surface area contributed by atoms with Crippen LogP contribution in [0.5, 0.6) is 5.75 Å². The summed E-state index contributed by atoms with van der Waals surface area (Å²) in [6, 6.07) is 12.3. The Balaban J connectivity index is 1.56. The first-order chi connectivity index (χ1) is 14.0. The van der Waals surface area contributed by atoms with Crippen LogP contribution in [0.15, 0.2) is 52.5 Å². The molecule has 3 rings (SSSR count). The molecule has 1 saturated heterocycles. The van der Waals surface area contributed by atoms with Crippen LogP contribution >= 0.6 is 11.8 Å². The monoisotopic (exact) mass is 416 g/mol. The largest absolute Gasteiger partial charge is 0.381 e. The van der Waals surface area contributed by atoms with Crippen molar-refractivity contribution in [2.45, 2.75) is 30.4 Å². The summed E-state index contributed by atoms with van der Waals surface area (Å²) in [6.45, 7) is 3.01. The lowest BCUT2D eigenvalue weighted by molar-refractivity contribution is -0.116. The van der Waals surface area contributed by atoms with Gasteiger partial charge in [0, 0.05) is 61.7 Å². The van der Waals surface area contributed by atoms with Gasteiger partial charge in [0.2, 0.25) is 5.91 Å². The van der Waals surface area contributed by atoms with Crippen LogP contribution in [0, 0.1) is 11.7 Å². The molecule has 1 fully saturated rings. The minimum Gasteiger partial charge on any atom is -0.381 e. The van der Waals surface area contributed by atoms with Gasteiger partial charge in [0.25, 0.3) is 0 Å². The van der Waals surface area contributed by atoms with E-state index in [2.05, 4.69) is 5.16 Å². The van der Waals surface area contributed by atoms with Crippen molar-refractivity contribution < 1.29 is 18.8 Å². The number of carbonyl (C=O) groups excluding carboxylic acids is 1. The number of ether oxygens (including phenoxy) is 1. The lowest BCUT2D eigenvalue weighted by atomic mass is 10.0. The van der Waals surface area contributed by atoms with E-state index in [-0.39, 0.29) is 11.7 Å². The number of hydrogen-bond donors (Lipinski definition) is 0. The topological polar surface area (TPSA) is 51.1 Å². The average molecular weight is 417 g/mol. The molecule has 5 nitrogen and oxygen atoms in total. The second kappa shape index (κ2) is 10.4. The van der Waals surface area contributed by atoms with Crippen molar-refractivity contribution in [3.63, 3.8) is 0 Å². The molecular formula is C22H25FN2O3S. The van der Waals surface area contributed by atoms with Gasteiger partial charge in [-0.2, -0.15) is 0 Å². The summed E-state index contributed by atoms with van der Waals surface area (Å²) in [6.07, 6.45) is 3.63. The fourth-order valence-electron chi connectivity index (χ4n) is 2.88. The van der Waals surface area contributed by atoms with Gasteiger partial charge in [0.1, 0.15) is 5.82 Å². The van der Waals surface area contributed by atoms with Gasteiger partial charge in [-0.15, -0.1) is 11.8 Å². The Hall–Kier alpha value is -2.38. The molecule has 7 heteroatoms. The molecule has 0 bridgehead atoms. The molecular weight excluding hydrogens is 391 g/mol. The molecule has 1 aliphatic rings. The zero-order valence-electron chi connectivity index (χ0n) is 16.6. The quantitative estimate of drug-likeness (QED) is 0.366. The van der Waals surface area contributed by atoms with Crippen molar-refractivity contribution in [2.75, 3.05) is 25.2 Å². The normalized spacial score (nSPS) is 14.9. The molecule has 0 aliphatic carbocycles. The van der Waals surface area contributed by atoms with Crippen molar-refractivity contribution in [3.8, 4) is 5.75 Å². The maximum atomic E-state index is 14.0. The van der Waals surface area contributed by atoms with Crippen LogP contribution in [0.2, 0.25) is 0 Å². The smallest absolute Gasteiger partial charge is 0.223 e. The first kappa shape index (κ1) is 21.3. The molecule has 2 aromatic rings. The van der Waals surface area contributed by atoms with Crippen LogP contribution in [0.25, 0.3) is 0 Å². The average Bonchev–Trinajstić information content (AvgIpc) is 2.72. The molecule has 29 heavy (non-hydrogen) atoms. The fourth-order valence-corrected chi connectivity index (χ4v) is 3.80.